The molecule has 7 heteroatoms. The Balaban J connectivity index is 3.53. The second kappa shape index (κ2) is 6.13. The van der Waals surface area contributed by atoms with Crippen molar-refractivity contribution in [3.05, 3.63) is 24.3 Å². The summed E-state index contributed by atoms with van der Waals surface area (Å²) in [5, 5.41) is 0. The molecule has 0 saturated heterocycles. The summed E-state index contributed by atoms with van der Waals surface area (Å²) in [6.45, 7) is 21.1. The highest BCUT2D eigenvalue weighted by molar-refractivity contribution is 6.93. The lowest BCUT2D eigenvalue weighted by Gasteiger charge is -2.46. The quantitative estimate of drug-likeness (QED) is 0.473. The van der Waals surface area contributed by atoms with Gasteiger partial charge in [-0.2, -0.15) is 0 Å². The van der Waals surface area contributed by atoms with Crippen LogP contribution in [0, 0.1) is 0 Å². The van der Waals surface area contributed by atoms with E-state index in [1.54, 1.807) is 0 Å². The first-order valence-corrected chi connectivity index (χ1v) is 17.8. The molecule has 0 atom stereocenters. The monoisotopic (exact) mass is 338 g/mol. The van der Waals surface area contributed by atoms with Gasteiger partial charge in [0, 0.05) is 12.4 Å². The third-order valence-corrected chi connectivity index (χ3v) is 10.8. The van der Waals surface area contributed by atoms with Gasteiger partial charge in [0.05, 0.1) is 0 Å². The van der Waals surface area contributed by atoms with E-state index >= 15 is 0 Å². The third-order valence-electron chi connectivity index (χ3n) is 2.76. The standard InChI is InChI=1S/C14H30N4Si3/c1-19(2,3)17-14(13-15-11-10-12-16-13)18(20(4,5)6)21(7,8)9/h10-12H,1-9H3/b17-14+. The van der Waals surface area contributed by atoms with Crippen LogP contribution in [0.1, 0.15) is 5.82 Å². The van der Waals surface area contributed by atoms with Crippen LogP contribution in [-0.2, 0) is 0 Å². The van der Waals surface area contributed by atoms with E-state index in [1.807, 2.05) is 18.5 Å². The zero-order valence-corrected chi connectivity index (χ0v) is 18.0. The molecular weight excluding hydrogens is 308 g/mol. The van der Waals surface area contributed by atoms with Gasteiger partial charge in [0.2, 0.25) is 0 Å². The van der Waals surface area contributed by atoms with Crippen LogP contribution in [0.4, 0.5) is 0 Å². The molecule has 118 valence electrons. The van der Waals surface area contributed by atoms with Gasteiger partial charge in [0.25, 0.3) is 0 Å². The van der Waals surface area contributed by atoms with Gasteiger partial charge < -0.3 is 8.89 Å². The minimum absolute atomic E-state index is 0.782. The first kappa shape index (κ1) is 18.3. The van der Waals surface area contributed by atoms with Gasteiger partial charge in [-0.15, -0.1) is 0 Å². The Kier molecular flexibility index (Phi) is 5.33. The molecule has 1 aromatic rings. The molecule has 1 aromatic heterocycles. The molecule has 0 amide bonds. The van der Waals surface area contributed by atoms with Gasteiger partial charge in [-0.3, -0.25) is 0 Å². The smallest absolute Gasteiger partial charge is 0.192 e. The van der Waals surface area contributed by atoms with Crippen LogP contribution in [0.5, 0.6) is 0 Å². The predicted molar refractivity (Wildman–Crippen MR) is 100 cm³/mol. The topological polar surface area (TPSA) is 41.4 Å². The molecule has 1 rings (SSSR count). The summed E-state index contributed by atoms with van der Waals surface area (Å²) in [6.07, 6.45) is 3.63. The molecule has 0 fully saturated rings. The number of amidine groups is 1. The average molecular weight is 339 g/mol. The van der Waals surface area contributed by atoms with Crippen LogP contribution in [-0.4, -0.2) is 44.7 Å². The van der Waals surface area contributed by atoms with E-state index in [0.29, 0.717) is 0 Å². The fourth-order valence-electron chi connectivity index (χ4n) is 2.57. The van der Waals surface area contributed by atoms with Crippen molar-refractivity contribution in [2.75, 3.05) is 0 Å². The van der Waals surface area contributed by atoms with Crippen LogP contribution in [0.2, 0.25) is 58.9 Å². The van der Waals surface area contributed by atoms with Crippen molar-refractivity contribution in [1.82, 2.24) is 14.2 Å². The second-order valence-electron chi connectivity index (χ2n) is 8.36. The van der Waals surface area contributed by atoms with Gasteiger partial charge in [0.15, 0.2) is 14.1 Å². The van der Waals surface area contributed by atoms with Crippen LogP contribution >= 0.6 is 0 Å². The third kappa shape index (κ3) is 5.48. The highest BCUT2D eigenvalue weighted by Crippen LogP contribution is 2.23. The number of hydrogen-bond donors (Lipinski definition) is 0. The van der Waals surface area contributed by atoms with Crippen molar-refractivity contribution in [3.8, 4) is 0 Å². The Bertz CT molecular complexity index is 482. The molecule has 4 nitrogen and oxygen atoms in total. The van der Waals surface area contributed by atoms with E-state index in [-0.39, 0.29) is 0 Å². The summed E-state index contributed by atoms with van der Waals surface area (Å²) in [5.41, 5.74) is 0. The summed E-state index contributed by atoms with van der Waals surface area (Å²) < 4.78 is 7.76. The predicted octanol–water partition coefficient (Wildman–Crippen LogP) is 4.03. The molecule has 1 heterocycles. The Labute approximate surface area is 133 Å². The van der Waals surface area contributed by atoms with E-state index < -0.39 is 24.7 Å². The summed E-state index contributed by atoms with van der Waals surface area (Å²) in [4.78, 5) is 8.99. The zero-order chi connectivity index (χ0) is 16.5. The molecule has 0 aromatic carbocycles. The largest absolute Gasteiger partial charge is 0.408 e. The Morgan fingerprint density at radius 3 is 1.62 bits per heavy atom. The molecule has 0 aliphatic carbocycles. The van der Waals surface area contributed by atoms with E-state index in [1.165, 1.54) is 0 Å². The molecule has 0 spiro atoms. The Hall–Kier alpha value is -0.799. The summed E-state index contributed by atoms with van der Waals surface area (Å²) in [7, 11) is -4.74. The maximum atomic E-state index is 5.14. The van der Waals surface area contributed by atoms with Crippen molar-refractivity contribution < 1.29 is 0 Å². The molecule has 0 unspecified atom stereocenters. The first-order valence-electron chi connectivity index (χ1n) is 7.50. The molecule has 0 saturated carbocycles. The normalized spacial score (nSPS) is 14.2. The molecule has 0 N–H and O–H groups in total. The van der Waals surface area contributed by atoms with Crippen LogP contribution in [0.3, 0.4) is 0 Å². The van der Waals surface area contributed by atoms with Gasteiger partial charge in [-0.25, -0.2) is 9.97 Å². The minimum atomic E-state index is -1.61. The second-order valence-corrected chi connectivity index (χ2v) is 22.9. The molecule has 0 radical (unpaired) electrons. The Morgan fingerprint density at radius 2 is 1.29 bits per heavy atom. The number of hydrogen-bond acceptors (Lipinski definition) is 3. The number of aromatic nitrogens is 2. The summed E-state index contributed by atoms with van der Waals surface area (Å²) >= 11 is 0. The number of nitrogens with zero attached hydrogens (tertiary/aromatic N) is 4. The molecular formula is C14H30N4Si3. The average Bonchev–Trinajstić information content (AvgIpc) is 2.23. The van der Waals surface area contributed by atoms with Gasteiger partial charge in [-0.05, 0) is 25.7 Å². The van der Waals surface area contributed by atoms with Crippen molar-refractivity contribution in [3.63, 3.8) is 0 Å². The highest BCUT2D eigenvalue weighted by Gasteiger charge is 2.38. The minimum Gasteiger partial charge on any atom is -0.408 e. The van der Waals surface area contributed by atoms with Crippen molar-refractivity contribution in [1.29, 1.82) is 0 Å². The summed E-state index contributed by atoms with van der Waals surface area (Å²) in [5.74, 6) is 1.82. The lowest BCUT2D eigenvalue weighted by atomic mass is 10.5. The van der Waals surface area contributed by atoms with Gasteiger partial charge >= 0.3 is 0 Å². The van der Waals surface area contributed by atoms with E-state index in [0.717, 1.165) is 11.7 Å². The zero-order valence-electron chi connectivity index (χ0n) is 15.0. The molecule has 0 aliphatic heterocycles. The molecule has 0 bridgehead atoms. The fourth-order valence-corrected chi connectivity index (χ4v) is 13.2. The van der Waals surface area contributed by atoms with Crippen LogP contribution < -0.4 is 0 Å². The fraction of sp³-hybridized carbons (Fsp3) is 0.643. The lowest BCUT2D eigenvalue weighted by Crippen LogP contribution is -2.62. The van der Waals surface area contributed by atoms with Gasteiger partial charge in [0.1, 0.15) is 22.3 Å². The van der Waals surface area contributed by atoms with Crippen molar-refractivity contribution >= 4 is 30.5 Å². The van der Waals surface area contributed by atoms with E-state index in [2.05, 4.69) is 73.1 Å². The first-order chi connectivity index (χ1) is 9.32. The van der Waals surface area contributed by atoms with Crippen molar-refractivity contribution in [2.45, 2.75) is 58.9 Å². The highest BCUT2D eigenvalue weighted by atomic mass is 28.4. The van der Waals surface area contributed by atoms with Gasteiger partial charge in [-0.1, -0.05) is 39.3 Å². The molecule has 21 heavy (non-hydrogen) atoms. The van der Waals surface area contributed by atoms with E-state index in [4.69, 9.17) is 4.66 Å². The Morgan fingerprint density at radius 1 is 0.857 bits per heavy atom. The summed E-state index contributed by atoms with van der Waals surface area (Å²) in [6, 6.07) is 1.86. The maximum absolute atomic E-state index is 5.14. The van der Waals surface area contributed by atoms with Crippen LogP contribution in [0.25, 0.3) is 0 Å². The lowest BCUT2D eigenvalue weighted by molar-refractivity contribution is 0.880. The van der Waals surface area contributed by atoms with E-state index in [9.17, 15) is 0 Å². The molecule has 0 aliphatic rings. The maximum Gasteiger partial charge on any atom is 0.192 e. The van der Waals surface area contributed by atoms with Crippen LogP contribution in [0.15, 0.2) is 23.1 Å². The number of rotatable bonds is 4. The van der Waals surface area contributed by atoms with Crippen molar-refractivity contribution in [2.24, 2.45) is 4.66 Å². The SMILES string of the molecule is C[Si](C)(C)/N=C(\c1ncccn1)N([Si](C)(C)C)[Si](C)(C)C.